The number of hydrogen-bond acceptors (Lipinski definition) is 3. The third-order valence-electron chi connectivity index (χ3n) is 4.86. The lowest BCUT2D eigenvalue weighted by molar-refractivity contribution is 0.194. The Labute approximate surface area is 115 Å². The molecule has 1 saturated heterocycles. The molecule has 3 rings (SSSR count). The molecule has 2 fully saturated rings. The molecule has 0 spiro atoms. The van der Waals surface area contributed by atoms with Crippen LogP contribution in [0.15, 0.2) is 18.3 Å². The second-order valence-electron chi connectivity index (χ2n) is 6.16. The fraction of sp³-hybridized carbons (Fsp3) is 0.688. The third kappa shape index (κ3) is 2.76. The average molecular weight is 260 g/mol. The van der Waals surface area contributed by atoms with Crippen LogP contribution >= 0.6 is 0 Å². The molecule has 19 heavy (non-hydrogen) atoms. The lowest BCUT2D eigenvalue weighted by Crippen LogP contribution is -2.41. The van der Waals surface area contributed by atoms with Crippen molar-refractivity contribution in [3.05, 3.63) is 24.0 Å². The Morgan fingerprint density at radius 1 is 1.21 bits per heavy atom. The molecule has 1 aromatic rings. The van der Waals surface area contributed by atoms with Crippen LogP contribution in [0, 0.1) is 11.8 Å². The van der Waals surface area contributed by atoms with Gasteiger partial charge in [-0.15, -0.1) is 0 Å². The molecule has 104 valence electrons. The van der Waals surface area contributed by atoms with Crippen LogP contribution in [0.4, 0.5) is 5.69 Å². The second kappa shape index (κ2) is 5.49. The van der Waals surface area contributed by atoms with E-state index < -0.39 is 6.10 Å². The summed E-state index contributed by atoms with van der Waals surface area (Å²) in [5.74, 6) is 1.86. The summed E-state index contributed by atoms with van der Waals surface area (Å²) >= 11 is 0. The number of aliphatic hydroxyl groups is 1. The maximum absolute atomic E-state index is 9.50. The van der Waals surface area contributed by atoms with Crippen LogP contribution in [0.3, 0.4) is 0 Å². The first-order valence-corrected chi connectivity index (χ1v) is 7.63. The molecule has 1 aliphatic carbocycles. The molecular formula is C16H24N2O. The van der Waals surface area contributed by atoms with Gasteiger partial charge in [0.25, 0.3) is 0 Å². The minimum absolute atomic E-state index is 0.474. The molecule has 0 bridgehead atoms. The lowest BCUT2D eigenvalue weighted by atomic mass is 9.75. The highest BCUT2D eigenvalue weighted by atomic mass is 16.3. The summed E-state index contributed by atoms with van der Waals surface area (Å²) in [6.45, 7) is 4.12. The van der Waals surface area contributed by atoms with Crippen molar-refractivity contribution in [3.63, 3.8) is 0 Å². The molecule has 0 radical (unpaired) electrons. The molecule has 3 heteroatoms. The monoisotopic (exact) mass is 260 g/mol. The van der Waals surface area contributed by atoms with Crippen LogP contribution in [-0.4, -0.2) is 23.2 Å². The first kappa shape index (κ1) is 12.9. The summed E-state index contributed by atoms with van der Waals surface area (Å²) in [7, 11) is 0. The summed E-state index contributed by atoms with van der Waals surface area (Å²) < 4.78 is 0. The smallest absolute Gasteiger partial charge is 0.0931 e. The van der Waals surface area contributed by atoms with E-state index in [0.717, 1.165) is 24.1 Å². The van der Waals surface area contributed by atoms with Crippen molar-refractivity contribution in [1.82, 2.24) is 4.98 Å². The first-order valence-electron chi connectivity index (χ1n) is 7.63. The average Bonchev–Trinajstić information content (AvgIpc) is 2.47. The zero-order chi connectivity index (χ0) is 13.2. The van der Waals surface area contributed by atoms with Crippen LogP contribution in [0.25, 0.3) is 0 Å². The fourth-order valence-corrected chi connectivity index (χ4v) is 3.67. The number of hydrogen-bond donors (Lipinski definition) is 1. The zero-order valence-corrected chi connectivity index (χ0v) is 11.8. The predicted molar refractivity (Wildman–Crippen MR) is 77.1 cm³/mol. The van der Waals surface area contributed by atoms with Gasteiger partial charge in [0, 0.05) is 13.1 Å². The van der Waals surface area contributed by atoms with Gasteiger partial charge in [0.05, 0.1) is 23.7 Å². The molecule has 3 unspecified atom stereocenters. The number of pyridine rings is 1. The van der Waals surface area contributed by atoms with Crippen LogP contribution in [0.1, 0.15) is 50.8 Å². The maximum atomic E-state index is 9.50. The summed E-state index contributed by atoms with van der Waals surface area (Å²) in [5.41, 5.74) is 1.98. The molecule has 1 saturated carbocycles. The molecule has 3 nitrogen and oxygen atoms in total. The van der Waals surface area contributed by atoms with E-state index in [9.17, 15) is 5.11 Å². The highest BCUT2D eigenvalue weighted by molar-refractivity contribution is 5.45. The van der Waals surface area contributed by atoms with Crippen LogP contribution in [0.5, 0.6) is 0 Å². The van der Waals surface area contributed by atoms with Crippen molar-refractivity contribution in [2.45, 2.75) is 45.1 Å². The molecule has 2 heterocycles. The minimum Gasteiger partial charge on any atom is -0.387 e. The molecule has 3 atom stereocenters. The van der Waals surface area contributed by atoms with E-state index in [1.54, 1.807) is 6.92 Å². The quantitative estimate of drug-likeness (QED) is 0.887. The van der Waals surface area contributed by atoms with Crippen molar-refractivity contribution in [1.29, 1.82) is 0 Å². The Kier molecular flexibility index (Phi) is 3.74. The number of aliphatic hydroxyl groups excluding tert-OH is 1. The van der Waals surface area contributed by atoms with Crippen LogP contribution in [0.2, 0.25) is 0 Å². The molecule has 0 aromatic carbocycles. The van der Waals surface area contributed by atoms with E-state index >= 15 is 0 Å². The van der Waals surface area contributed by atoms with Crippen molar-refractivity contribution in [3.8, 4) is 0 Å². The molecule has 0 amide bonds. The number of aromatic nitrogens is 1. The normalized spacial score (nSPS) is 28.8. The van der Waals surface area contributed by atoms with Crippen molar-refractivity contribution >= 4 is 5.69 Å². The van der Waals surface area contributed by atoms with E-state index in [4.69, 9.17) is 0 Å². The maximum Gasteiger partial charge on any atom is 0.0931 e. The number of anilines is 1. The highest BCUT2D eigenvalue weighted by Gasteiger charge is 2.31. The van der Waals surface area contributed by atoms with E-state index in [1.807, 2.05) is 12.3 Å². The largest absolute Gasteiger partial charge is 0.387 e. The topological polar surface area (TPSA) is 36.4 Å². The van der Waals surface area contributed by atoms with Crippen molar-refractivity contribution in [2.75, 3.05) is 18.0 Å². The number of piperidine rings is 1. The summed E-state index contributed by atoms with van der Waals surface area (Å²) in [6.07, 6.45) is 8.48. The van der Waals surface area contributed by atoms with Gasteiger partial charge in [-0.05, 0) is 43.7 Å². The SMILES string of the molecule is CC(O)c1ccc(N2CCC3CCCCC3C2)cn1. The van der Waals surface area contributed by atoms with Gasteiger partial charge in [0.15, 0.2) is 0 Å². The fourth-order valence-electron chi connectivity index (χ4n) is 3.67. The second-order valence-corrected chi connectivity index (χ2v) is 6.16. The number of nitrogens with zero attached hydrogens (tertiary/aromatic N) is 2. The Bertz CT molecular complexity index is 415. The Balaban J connectivity index is 1.69. The zero-order valence-electron chi connectivity index (χ0n) is 11.8. The van der Waals surface area contributed by atoms with E-state index in [-0.39, 0.29) is 0 Å². The highest BCUT2D eigenvalue weighted by Crippen LogP contribution is 2.37. The van der Waals surface area contributed by atoms with Gasteiger partial charge in [-0.2, -0.15) is 0 Å². The molecule has 2 aliphatic rings. The summed E-state index contributed by atoms with van der Waals surface area (Å²) in [4.78, 5) is 6.84. The minimum atomic E-state index is -0.474. The van der Waals surface area contributed by atoms with E-state index in [2.05, 4.69) is 16.0 Å². The Morgan fingerprint density at radius 2 is 2.00 bits per heavy atom. The third-order valence-corrected chi connectivity index (χ3v) is 4.86. The molecule has 1 aliphatic heterocycles. The molecular weight excluding hydrogens is 236 g/mol. The molecule has 1 aromatic heterocycles. The van der Waals surface area contributed by atoms with Gasteiger partial charge in [-0.1, -0.05) is 19.3 Å². The number of fused-ring (bicyclic) bond motifs is 1. The predicted octanol–water partition coefficient (Wildman–Crippen LogP) is 3.15. The van der Waals surface area contributed by atoms with Gasteiger partial charge in [0.1, 0.15) is 0 Å². The Morgan fingerprint density at radius 3 is 2.68 bits per heavy atom. The van der Waals surface area contributed by atoms with Crippen molar-refractivity contribution < 1.29 is 5.11 Å². The standard InChI is InChI=1S/C16H24N2O/c1-12(19)16-7-6-15(10-17-16)18-9-8-13-4-2-3-5-14(13)11-18/h6-7,10,12-14,19H,2-5,8-9,11H2,1H3. The van der Waals surface area contributed by atoms with Crippen LogP contribution in [-0.2, 0) is 0 Å². The van der Waals surface area contributed by atoms with Crippen molar-refractivity contribution in [2.24, 2.45) is 11.8 Å². The van der Waals surface area contributed by atoms with Gasteiger partial charge < -0.3 is 10.0 Å². The van der Waals surface area contributed by atoms with E-state index in [1.165, 1.54) is 44.3 Å². The number of rotatable bonds is 2. The van der Waals surface area contributed by atoms with Gasteiger partial charge in [-0.25, -0.2) is 0 Å². The summed E-state index contributed by atoms with van der Waals surface area (Å²) in [6, 6.07) is 4.06. The van der Waals surface area contributed by atoms with Gasteiger partial charge in [-0.3, -0.25) is 4.98 Å². The van der Waals surface area contributed by atoms with Gasteiger partial charge >= 0.3 is 0 Å². The molecule has 1 N–H and O–H groups in total. The summed E-state index contributed by atoms with van der Waals surface area (Å²) in [5, 5.41) is 9.50. The lowest BCUT2D eigenvalue weighted by Gasteiger charge is -2.42. The van der Waals surface area contributed by atoms with E-state index in [0.29, 0.717) is 0 Å². The first-order chi connectivity index (χ1) is 9.24. The Hall–Kier alpha value is -1.09. The van der Waals surface area contributed by atoms with Gasteiger partial charge in [0.2, 0.25) is 0 Å². The van der Waals surface area contributed by atoms with Crippen LogP contribution < -0.4 is 4.90 Å².